The molecule has 1 aliphatic heterocycles. The summed E-state index contributed by atoms with van der Waals surface area (Å²) in [6, 6.07) is 7.24. The van der Waals surface area contributed by atoms with E-state index in [9.17, 15) is 10.1 Å². The van der Waals surface area contributed by atoms with Gasteiger partial charge in [0.25, 0.3) is 5.56 Å². The second-order valence-corrected chi connectivity index (χ2v) is 6.86. The Morgan fingerprint density at radius 1 is 1.16 bits per heavy atom. The Hall–Kier alpha value is -3.64. The van der Waals surface area contributed by atoms with Crippen LogP contribution >= 0.6 is 0 Å². The Morgan fingerprint density at radius 2 is 1.87 bits per heavy atom. The van der Waals surface area contributed by atoms with Gasteiger partial charge in [-0.1, -0.05) is 6.07 Å². The van der Waals surface area contributed by atoms with Gasteiger partial charge in [-0.25, -0.2) is 0 Å². The normalized spacial score (nSPS) is 15.0. The number of benzene rings is 1. The number of hydrogen-bond donors (Lipinski definition) is 1. The molecule has 1 unspecified atom stereocenters. The van der Waals surface area contributed by atoms with Crippen LogP contribution in [0.1, 0.15) is 22.7 Å². The summed E-state index contributed by atoms with van der Waals surface area (Å²) in [4.78, 5) is 13.5. The van der Waals surface area contributed by atoms with Gasteiger partial charge in [-0.3, -0.25) is 4.79 Å². The Kier molecular flexibility index (Phi) is 6.42. The van der Waals surface area contributed by atoms with Crippen LogP contribution in [-0.2, 0) is 11.3 Å². The van der Waals surface area contributed by atoms with Crippen molar-refractivity contribution in [3.8, 4) is 29.1 Å². The molecule has 3 rings (SSSR count). The number of hydrogen-bond acceptors (Lipinski definition) is 8. The van der Waals surface area contributed by atoms with Crippen LogP contribution in [0.2, 0.25) is 0 Å². The van der Waals surface area contributed by atoms with E-state index in [1.165, 1.54) is 21.3 Å². The molecule has 0 radical (unpaired) electrons. The molecule has 0 saturated carbocycles. The number of aromatic nitrogens is 1. The standard InChI is InChI=1S/C22H25N3O6/c1-12-10-16-18(22(26)25(12)8-9-27-2)17(14(11-23)21(24)31-16)13-6-7-15(28-3)20(30-5)19(13)29-4/h6-7,10,17H,8-9,24H2,1-5H3. The fraction of sp³-hybridized carbons (Fsp3) is 0.364. The van der Waals surface area contributed by atoms with E-state index >= 15 is 0 Å². The van der Waals surface area contributed by atoms with Crippen molar-refractivity contribution in [1.82, 2.24) is 4.57 Å². The molecule has 1 aromatic carbocycles. The number of nitriles is 1. The van der Waals surface area contributed by atoms with Gasteiger partial charge in [-0.05, 0) is 13.0 Å². The monoisotopic (exact) mass is 427 g/mol. The maximum atomic E-state index is 13.5. The first kappa shape index (κ1) is 22.1. The molecule has 2 N–H and O–H groups in total. The van der Waals surface area contributed by atoms with Crippen molar-refractivity contribution < 1.29 is 23.7 Å². The van der Waals surface area contributed by atoms with Crippen LogP contribution < -0.4 is 30.2 Å². The van der Waals surface area contributed by atoms with E-state index in [2.05, 4.69) is 6.07 Å². The van der Waals surface area contributed by atoms with Crippen LogP contribution in [0, 0.1) is 18.3 Å². The Morgan fingerprint density at radius 3 is 2.45 bits per heavy atom. The number of nitrogens with two attached hydrogens (primary N) is 1. The second kappa shape index (κ2) is 9.02. The lowest BCUT2D eigenvalue weighted by molar-refractivity contribution is 0.185. The van der Waals surface area contributed by atoms with Gasteiger partial charge in [-0.15, -0.1) is 0 Å². The average Bonchev–Trinajstić information content (AvgIpc) is 2.76. The number of aryl methyl sites for hydroxylation is 1. The summed E-state index contributed by atoms with van der Waals surface area (Å²) in [6.07, 6.45) is 0. The molecule has 0 saturated heterocycles. The summed E-state index contributed by atoms with van der Waals surface area (Å²) in [5.41, 5.74) is 7.40. The summed E-state index contributed by atoms with van der Waals surface area (Å²) in [5.74, 6) is 0.555. The molecule has 2 heterocycles. The first-order valence-corrected chi connectivity index (χ1v) is 9.53. The molecule has 0 aliphatic carbocycles. The van der Waals surface area contributed by atoms with E-state index in [0.29, 0.717) is 47.4 Å². The lowest BCUT2D eigenvalue weighted by atomic mass is 9.83. The van der Waals surface area contributed by atoms with Crippen LogP contribution in [0.4, 0.5) is 0 Å². The van der Waals surface area contributed by atoms with E-state index in [-0.39, 0.29) is 22.6 Å². The second-order valence-electron chi connectivity index (χ2n) is 6.86. The van der Waals surface area contributed by atoms with Crippen LogP contribution in [0.5, 0.6) is 23.0 Å². The van der Waals surface area contributed by atoms with Gasteiger partial charge in [0, 0.05) is 31.0 Å². The summed E-state index contributed by atoms with van der Waals surface area (Å²) in [6.45, 7) is 2.51. The van der Waals surface area contributed by atoms with E-state index in [4.69, 9.17) is 29.4 Å². The number of fused-ring (bicyclic) bond motifs is 1. The third-order valence-corrected chi connectivity index (χ3v) is 5.25. The van der Waals surface area contributed by atoms with Crippen molar-refractivity contribution in [3.63, 3.8) is 0 Å². The molecule has 164 valence electrons. The molecular formula is C22H25N3O6. The maximum Gasteiger partial charge on any atom is 0.258 e. The third kappa shape index (κ3) is 3.66. The molecule has 31 heavy (non-hydrogen) atoms. The van der Waals surface area contributed by atoms with E-state index in [0.717, 1.165) is 0 Å². The smallest absolute Gasteiger partial charge is 0.258 e. The van der Waals surface area contributed by atoms with Crippen LogP contribution in [0.25, 0.3) is 0 Å². The fourth-order valence-electron chi connectivity index (χ4n) is 3.81. The van der Waals surface area contributed by atoms with Gasteiger partial charge in [0.05, 0.1) is 39.4 Å². The van der Waals surface area contributed by atoms with Gasteiger partial charge in [0.2, 0.25) is 11.6 Å². The zero-order valence-corrected chi connectivity index (χ0v) is 18.1. The van der Waals surface area contributed by atoms with Crippen molar-refractivity contribution in [3.05, 3.63) is 56.8 Å². The predicted octanol–water partition coefficient (Wildman–Crippen LogP) is 2.05. The molecule has 1 atom stereocenters. The minimum atomic E-state index is -0.814. The third-order valence-electron chi connectivity index (χ3n) is 5.25. The summed E-state index contributed by atoms with van der Waals surface area (Å²) < 4.78 is 28.9. The highest BCUT2D eigenvalue weighted by Gasteiger charge is 2.37. The van der Waals surface area contributed by atoms with Crippen LogP contribution in [-0.4, -0.2) is 39.6 Å². The van der Waals surface area contributed by atoms with Gasteiger partial charge < -0.3 is 34.0 Å². The predicted molar refractivity (Wildman–Crippen MR) is 113 cm³/mol. The SMILES string of the molecule is COCCn1c(C)cc2c(c1=O)C(c1ccc(OC)c(OC)c1OC)C(C#N)=C(N)O2. The van der Waals surface area contributed by atoms with Gasteiger partial charge >= 0.3 is 0 Å². The molecule has 9 heteroatoms. The molecule has 0 fully saturated rings. The average molecular weight is 427 g/mol. The Bertz CT molecular complexity index is 1130. The fourth-order valence-corrected chi connectivity index (χ4v) is 3.81. The summed E-state index contributed by atoms with van der Waals surface area (Å²) >= 11 is 0. The van der Waals surface area contributed by atoms with Crippen LogP contribution in [0.3, 0.4) is 0 Å². The van der Waals surface area contributed by atoms with E-state index < -0.39 is 5.92 Å². The van der Waals surface area contributed by atoms with Crippen molar-refractivity contribution in [2.45, 2.75) is 19.4 Å². The molecule has 0 bridgehead atoms. The lowest BCUT2D eigenvalue weighted by Gasteiger charge is -2.28. The van der Waals surface area contributed by atoms with Gasteiger partial charge in [-0.2, -0.15) is 5.26 Å². The molecule has 2 aromatic rings. The topological polar surface area (TPSA) is 118 Å². The zero-order chi connectivity index (χ0) is 22.7. The number of nitrogens with zero attached hydrogens (tertiary/aromatic N) is 2. The molecule has 0 amide bonds. The highest BCUT2D eigenvalue weighted by molar-refractivity contribution is 5.64. The number of pyridine rings is 1. The zero-order valence-electron chi connectivity index (χ0n) is 18.1. The summed E-state index contributed by atoms with van der Waals surface area (Å²) in [7, 11) is 6.04. The van der Waals surface area contributed by atoms with Crippen molar-refractivity contribution >= 4 is 0 Å². The minimum Gasteiger partial charge on any atom is -0.493 e. The highest BCUT2D eigenvalue weighted by Crippen LogP contribution is 2.48. The van der Waals surface area contributed by atoms with E-state index in [1.54, 1.807) is 36.8 Å². The van der Waals surface area contributed by atoms with Crippen molar-refractivity contribution in [2.24, 2.45) is 5.73 Å². The number of allylic oxidation sites excluding steroid dienone is 1. The largest absolute Gasteiger partial charge is 0.493 e. The van der Waals surface area contributed by atoms with Gasteiger partial charge in [0.15, 0.2) is 11.5 Å². The minimum absolute atomic E-state index is 0.0646. The number of ether oxygens (including phenoxy) is 5. The molecule has 0 spiro atoms. The van der Waals surface area contributed by atoms with E-state index in [1.807, 2.05) is 0 Å². The van der Waals surface area contributed by atoms with Crippen LogP contribution in [0.15, 0.2) is 34.4 Å². The lowest BCUT2D eigenvalue weighted by Crippen LogP contribution is -2.33. The van der Waals surface area contributed by atoms with Crippen molar-refractivity contribution in [1.29, 1.82) is 5.26 Å². The van der Waals surface area contributed by atoms with Gasteiger partial charge in [0.1, 0.15) is 17.4 Å². The Labute approximate surface area is 180 Å². The molecule has 1 aromatic heterocycles. The number of methoxy groups -OCH3 is 4. The molecule has 9 nitrogen and oxygen atoms in total. The molecule has 1 aliphatic rings. The quantitative estimate of drug-likeness (QED) is 0.713. The first-order chi connectivity index (χ1) is 14.9. The first-order valence-electron chi connectivity index (χ1n) is 9.53. The highest BCUT2D eigenvalue weighted by atomic mass is 16.5. The molecular weight excluding hydrogens is 402 g/mol. The number of rotatable bonds is 7. The summed E-state index contributed by atoms with van der Waals surface area (Å²) in [5, 5.41) is 9.87. The van der Waals surface area contributed by atoms with Crippen molar-refractivity contribution in [2.75, 3.05) is 35.0 Å². The maximum absolute atomic E-state index is 13.5. The Balaban J connectivity index is 2.36.